The Morgan fingerprint density at radius 1 is 1.44 bits per heavy atom. The highest BCUT2D eigenvalue weighted by molar-refractivity contribution is 9.10. The molecule has 4 nitrogen and oxygen atoms in total. The highest BCUT2D eigenvalue weighted by Gasteiger charge is 2.41. The van der Waals surface area contributed by atoms with E-state index in [2.05, 4.69) is 44.4 Å². The average Bonchev–Trinajstić information content (AvgIpc) is 2.69. The number of hydrogen-bond acceptors (Lipinski definition) is 3. The molecule has 0 amide bonds. The van der Waals surface area contributed by atoms with Gasteiger partial charge in [0.2, 0.25) is 0 Å². The zero-order chi connectivity index (χ0) is 12.6. The van der Waals surface area contributed by atoms with Crippen LogP contribution >= 0.6 is 15.9 Å². The lowest BCUT2D eigenvalue weighted by Gasteiger charge is -2.42. The lowest BCUT2D eigenvalue weighted by atomic mass is 9.78. The second kappa shape index (κ2) is 4.48. The van der Waals surface area contributed by atoms with Gasteiger partial charge in [-0.1, -0.05) is 33.3 Å². The van der Waals surface area contributed by atoms with E-state index in [0.717, 1.165) is 29.9 Å². The number of aromatic nitrogens is 3. The highest BCUT2D eigenvalue weighted by Crippen LogP contribution is 2.35. The lowest BCUT2D eigenvalue weighted by molar-refractivity contribution is -0.0704. The van der Waals surface area contributed by atoms with Gasteiger partial charge in [0.15, 0.2) is 0 Å². The first-order chi connectivity index (χ1) is 8.70. The molecule has 0 N–H and O–H groups in total. The van der Waals surface area contributed by atoms with Crippen molar-refractivity contribution in [3.8, 4) is 0 Å². The van der Waals surface area contributed by atoms with E-state index in [1.165, 1.54) is 5.56 Å². The maximum absolute atomic E-state index is 5.44. The molecule has 2 aromatic rings. The fraction of sp³-hybridized carbons (Fsp3) is 0.385. The minimum Gasteiger partial charge on any atom is -0.379 e. The Kier molecular flexibility index (Phi) is 2.95. The molecular formula is C13H14BrN3O. The zero-order valence-electron chi connectivity index (χ0n) is 10.1. The number of benzene rings is 1. The standard InChI is InChI=1S/C13H14BrN3O/c1-10-6-15-16-17(10)7-13(8-18-9-13)11-3-2-4-12(14)5-11/h2-6H,7-9H2,1H3. The third-order valence-electron chi connectivity index (χ3n) is 3.46. The molecule has 0 aliphatic carbocycles. The highest BCUT2D eigenvalue weighted by atomic mass is 79.9. The molecule has 5 heteroatoms. The van der Waals surface area contributed by atoms with Crippen LogP contribution in [0.4, 0.5) is 0 Å². The largest absolute Gasteiger partial charge is 0.379 e. The van der Waals surface area contributed by atoms with Crippen molar-refractivity contribution >= 4 is 15.9 Å². The van der Waals surface area contributed by atoms with Gasteiger partial charge in [0.1, 0.15) is 0 Å². The number of hydrogen-bond donors (Lipinski definition) is 0. The molecule has 2 heterocycles. The molecule has 0 spiro atoms. The van der Waals surface area contributed by atoms with E-state index in [9.17, 15) is 0 Å². The van der Waals surface area contributed by atoms with E-state index in [4.69, 9.17) is 4.74 Å². The van der Waals surface area contributed by atoms with Crippen LogP contribution in [-0.4, -0.2) is 28.2 Å². The number of aryl methyl sites for hydroxylation is 1. The van der Waals surface area contributed by atoms with Gasteiger partial charge in [-0.15, -0.1) is 5.10 Å². The van der Waals surface area contributed by atoms with Gasteiger partial charge in [-0.3, -0.25) is 0 Å². The third-order valence-corrected chi connectivity index (χ3v) is 3.95. The van der Waals surface area contributed by atoms with Crippen LogP contribution in [0.2, 0.25) is 0 Å². The second-order valence-electron chi connectivity index (χ2n) is 4.82. The third kappa shape index (κ3) is 1.97. The molecule has 0 radical (unpaired) electrons. The summed E-state index contributed by atoms with van der Waals surface area (Å²) in [5, 5.41) is 8.07. The molecule has 1 aromatic heterocycles. The van der Waals surface area contributed by atoms with Gasteiger partial charge < -0.3 is 4.74 Å². The smallest absolute Gasteiger partial charge is 0.0722 e. The number of rotatable bonds is 3. The number of halogens is 1. The van der Waals surface area contributed by atoms with Gasteiger partial charge in [-0.05, 0) is 24.6 Å². The summed E-state index contributed by atoms with van der Waals surface area (Å²) in [5.41, 5.74) is 2.40. The monoisotopic (exact) mass is 307 g/mol. The molecule has 3 rings (SSSR count). The molecule has 1 aromatic carbocycles. The lowest BCUT2D eigenvalue weighted by Crippen LogP contribution is -2.50. The molecule has 0 unspecified atom stereocenters. The normalized spacial score (nSPS) is 17.4. The van der Waals surface area contributed by atoms with Crippen LogP contribution in [0.25, 0.3) is 0 Å². The second-order valence-corrected chi connectivity index (χ2v) is 5.73. The van der Waals surface area contributed by atoms with Gasteiger partial charge in [0.25, 0.3) is 0 Å². The Labute approximate surface area is 114 Å². The summed E-state index contributed by atoms with van der Waals surface area (Å²) < 4.78 is 8.49. The summed E-state index contributed by atoms with van der Waals surface area (Å²) in [7, 11) is 0. The van der Waals surface area contributed by atoms with Crippen molar-refractivity contribution < 1.29 is 4.74 Å². The predicted molar refractivity (Wildman–Crippen MR) is 71.4 cm³/mol. The van der Waals surface area contributed by atoms with Gasteiger partial charge >= 0.3 is 0 Å². The van der Waals surface area contributed by atoms with Crippen molar-refractivity contribution in [2.24, 2.45) is 0 Å². The van der Waals surface area contributed by atoms with Crippen molar-refractivity contribution in [3.63, 3.8) is 0 Å². The summed E-state index contributed by atoms with van der Waals surface area (Å²) in [6.45, 7) is 4.31. The first-order valence-electron chi connectivity index (χ1n) is 5.89. The first-order valence-corrected chi connectivity index (χ1v) is 6.68. The van der Waals surface area contributed by atoms with Gasteiger partial charge in [-0.25, -0.2) is 4.68 Å². The zero-order valence-corrected chi connectivity index (χ0v) is 11.7. The Hall–Kier alpha value is -1.20. The Morgan fingerprint density at radius 2 is 2.28 bits per heavy atom. The van der Waals surface area contributed by atoms with Crippen molar-refractivity contribution in [1.82, 2.24) is 15.0 Å². The van der Waals surface area contributed by atoms with Crippen LogP contribution in [0, 0.1) is 6.92 Å². The van der Waals surface area contributed by atoms with Crippen molar-refractivity contribution in [2.75, 3.05) is 13.2 Å². The molecule has 1 fully saturated rings. The number of nitrogens with zero attached hydrogens (tertiary/aromatic N) is 3. The predicted octanol–water partition coefficient (Wildman–Crippen LogP) is 2.32. The van der Waals surface area contributed by atoms with E-state index in [-0.39, 0.29) is 5.41 Å². The molecule has 1 saturated heterocycles. The van der Waals surface area contributed by atoms with Crippen LogP contribution in [0.3, 0.4) is 0 Å². The van der Waals surface area contributed by atoms with E-state index < -0.39 is 0 Å². The Balaban J connectivity index is 1.93. The average molecular weight is 308 g/mol. The minimum absolute atomic E-state index is 0.0300. The molecule has 0 saturated carbocycles. The van der Waals surface area contributed by atoms with Crippen molar-refractivity contribution in [2.45, 2.75) is 18.9 Å². The summed E-state index contributed by atoms with van der Waals surface area (Å²) in [5.74, 6) is 0. The van der Waals surface area contributed by atoms with Gasteiger partial charge in [0.05, 0.1) is 37.1 Å². The SMILES string of the molecule is Cc1cnnn1CC1(c2cccc(Br)c2)COC1. The van der Waals surface area contributed by atoms with Crippen molar-refractivity contribution in [3.05, 3.63) is 46.2 Å². The first kappa shape index (κ1) is 11.9. The van der Waals surface area contributed by atoms with Crippen molar-refractivity contribution in [1.29, 1.82) is 0 Å². The maximum Gasteiger partial charge on any atom is 0.0722 e. The summed E-state index contributed by atoms with van der Waals surface area (Å²) in [4.78, 5) is 0. The van der Waals surface area contributed by atoms with E-state index in [1.807, 2.05) is 17.7 Å². The Morgan fingerprint density at radius 3 is 2.83 bits per heavy atom. The fourth-order valence-corrected chi connectivity index (χ4v) is 2.67. The number of ether oxygens (including phenoxy) is 1. The fourth-order valence-electron chi connectivity index (χ4n) is 2.27. The van der Waals surface area contributed by atoms with Gasteiger partial charge in [0, 0.05) is 4.47 Å². The molecule has 0 bridgehead atoms. The van der Waals surface area contributed by atoms with E-state index in [1.54, 1.807) is 6.20 Å². The minimum atomic E-state index is 0.0300. The topological polar surface area (TPSA) is 39.9 Å². The summed E-state index contributed by atoms with van der Waals surface area (Å²) >= 11 is 3.52. The summed E-state index contributed by atoms with van der Waals surface area (Å²) in [6, 6.07) is 8.42. The molecular weight excluding hydrogens is 294 g/mol. The van der Waals surface area contributed by atoms with Crippen LogP contribution in [-0.2, 0) is 16.7 Å². The maximum atomic E-state index is 5.44. The molecule has 94 valence electrons. The van der Waals surface area contributed by atoms with E-state index >= 15 is 0 Å². The van der Waals surface area contributed by atoms with Gasteiger partial charge in [-0.2, -0.15) is 0 Å². The molecule has 0 atom stereocenters. The Bertz CT molecular complexity index is 563. The quantitative estimate of drug-likeness (QED) is 0.873. The van der Waals surface area contributed by atoms with Crippen LogP contribution in [0.15, 0.2) is 34.9 Å². The molecule has 1 aliphatic heterocycles. The van der Waals surface area contributed by atoms with E-state index in [0.29, 0.717) is 0 Å². The summed E-state index contributed by atoms with van der Waals surface area (Å²) in [6.07, 6.45) is 1.79. The van der Waals surface area contributed by atoms with Crippen LogP contribution in [0.1, 0.15) is 11.3 Å². The molecule has 1 aliphatic rings. The van der Waals surface area contributed by atoms with Crippen LogP contribution in [0.5, 0.6) is 0 Å². The van der Waals surface area contributed by atoms with Crippen LogP contribution < -0.4 is 0 Å². The molecule has 18 heavy (non-hydrogen) atoms.